The molecule has 2 aromatic carbocycles. The van der Waals surface area contributed by atoms with Crippen molar-refractivity contribution in [3.05, 3.63) is 82.7 Å². The normalized spacial score (nSPS) is 19.1. The Kier molecular flexibility index (Phi) is 7.39. The van der Waals surface area contributed by atoms with E-state index >= 15 is 0 Å². The molecule has 2 aromatic rings. The number of allylic oxidation sites excluding steroid dienone is 2. The number of hydrogen-bond acceptors (Lipinski definition) is 7. The summed E-state index contributed by atoms with van der Waals surface area (Å²) in [6.45, 7) is 7.11. The second-order valence-corrected chi connectivity index (χ2v) is 10.9. The third kappa shape index (κ3) is 5.60. The van der Waals surface area contributed by atoms with E-state index < -0.39 is 11.7 Å². The van der Waals surface area contributed by atoms with Crippen molar-refractivity contribution in [3.8, 4) is 0 Å². The molecule has 0 atom stereocenters. The number of carbonyl (C=O) groups excluding carboxylic acids is 1. The zero-order valence-corrected chi connectivity index (χ0v) is 22.1. The highest BCUT2D eigenvalue weighted by Crippen LogP contribution is 2.40. The molecule has 0 saturated carbocycles. The Morgan fingerprint density at radius 1 is 1.05 bits per heavy atom. The van der Waals surface area contributed by atoms with Crippen LogP contribution in [-0.2, 0) is 27.0 Å². The van der Waals surface area contributed by atoms with Crippen molar-refractivity contribution in [1.29, 1.82) is 0 Å². The van der Waals surface area contributed by atoms with E-state index in [9.17, 15) is 10.1 Å². The van der Waals surface area contributed by atoms with Gasteiger partial charge in [-0.2, -0.15) is 8.88 Å². The molecule has 0 radical (unpaired) electrons. The number of carbonyl (C=O) groups is 1. The van der Waals surface area contributed by atoms with Gasteiger partial charge in [-0.1, -0.05) is 36.4 Å². The zero-order chi connectivity index (χ0) is 26.0. The van der Waals surface area contributed by atoms with Crippen molar-refractivity contribution in [2.45, 2.75) is 52.1 Å². The standard InChI is InChI=1S/C28H31N3O5S/c1-28(2,3)34-27(32)31(37-36-35-33)26-22(18-29-16-14-20-8-4-6-10-24(20)29)12-13-23(26)19-30-17-15-21-9-5-7-11-25(21)30/h4-11,18-19H,12-17H2,1-3H3. The van der Waals surface area contributed by atoms with Gasteiger partial charge in [0.25, 0.3) is 0 Å². The topological polar surface area (TPSA) is 77.3 Å². The number of rotatable bonds is 6. The molecule has 3 aliphatic rings. The van der Waals surface area contributed by atoms with Crippen molar-refractivity contribution in [1.82, 2.24) is 4.31 Å². The van der Waals surface area contributed by atoms with E-state index in [0.717, 1.165) is 61.3 Å². The van der Waals surface area contributed by atoms with Gasteiger partial charge in [0.05, 0.1) is 5.70 Å². The van der Waals surface area contributed by atoms with Gasteiger partial charge in [0.15, 0.2) is 25.0 Å². The summed E-state index contributed by atoms with van der Waals surface area (Å²) in [7, 11) is 0. The molecule has 8 nitrogen and oxygen atoms in total. The molecule has 2 heterocycles. The largest absolute Gasteiger partial charge is 0.691 e. The Bertz CT molecular complexity index is 1280. The van der Waals surface area contributed by atoms with Crippen molar-refractivity contribution in [3.63, 3.8) is 0 Å². The first kappa shape index (κ1) is 25.5. The SMILES string of the molecule is CC(C)(C)OC(=O)N(SOO[O-])C1=C(C=[N+]2CCc3ccccc32)CC/C1=C\N1CCc2ccccc21. The fourth-order valence-electron chi connectivity index (χ4n) is 5.10. The number of amides is 1. The van der Waals surface area contributed by atoms with Crippen molar-refractivity contribution < 1.29 is 28.7 Å². The molecule has 0 saturated heterocycles. The van der Waals surface area contributed by atoms with E-state index in [-0.39, 0.29) is 0 Å². The van der Waals surface area contributed by atoms with Crippen LogP contribution in [0.25, 0.3) is 0 Å². The number of anilines is 1. The Morgan fingerprint density at radius 3 is 2.59 bits per heavy atom. The molecule has 9 heteroatoms. The monoisotopic (exact) mass is 521 g/mol. The first-order valence-electron chi connectivity index (χ1n) is 12.5. The van der Waals surface area contributed by atoms with Gasteiger partial charge in [0.2, 0.25) is 5.69 Å². The Hall–Kier alpha value is -3.11. The van der Waals surface area contributed by atoms with Gasteiger partial charge >= 0.3 is 6.09 Å². The lowest BCUT2D eigenvalue weighted by Gasteiger charge is -2.27. The zero-order valence-electron chi connectivity index (χ0n) is 21.3. The van der Waals surface area contributed by atoms with Crippen LogP contribution in [0.1, 0.15) is 44.7 Å². The summed E-state index contributed by atoms with van der Waals surface area (Å²) in [4.78, 5) is 15.6. The lowest BCUT2D eigenvalue weighted by Crippen LogP contribution is -2.33. The van der Waals surface area contributed by atoms with Gasteiger partial charge in [-0.15, -0.1) is 4.33 Å². The van der Waals surface area contributed by atoms with Crippen LogP contribution >= 0.6 is 12.2 Å². The third-order valence-corrected chi connectivity index (χ3v) is 7.23. The van der Waals surface area contributed by atoms with E-state index in [1.54, 1.807) is 20.8 Å². The van der Waals surface area contributed by atoms with Gasteiger partial charge in [-0.05, 0) is 57.2 Å². The number of hydrogen-bond donors (Lipinski definition) is 0. The van der Waals surface area contributed by atoms with Crippen LogP contribution in [0, 0.1) is 0 Å². The number of ether oxygens (including phenoxy) is 1. The van der Waals surface area contributed by atoms with Gasteiger partial charge in [-0.3, -0.25) is 5.04 Å². The van der Waals surface area contributed by atoms with E-state index in [1.807, 2.05) is 12.1 Å². The summed E-state index contributed by atoms with van der Waals surface area (Å²) < 4.78 is 13.9. The number of benzene rings is 2. The maximum atomic E-state index is 13.4. The highest BCUT2D eigenvalue weighted by Gasteiger charge is 2.36. The highest BCUT2D eigenvalue weighted by molar-refractivity contribution is 7.92. The van der Waals surface area contributed by atoms with Crippen LogP contribution < -0.4 is 10.2 Å². The van der Waals surface area contributed by atoms with Crippen molar-refractivity contribution in [2.24, 2.45) is 0 Å². The van der Waals surface area contributed by atoms with E-state index in [1.165, 1.54) is 15.4 Å². The number of para-hydroxylation sites is 2. The average Bonchev–Trinajstić information content (AvgIpc) is 3.57. The molecule has 0 unspecified atom stereocenters. The second-order valence-electron chi connectivity index (χ2n) is 10.3. The second kappa shape index (κ2) is 10.7. The molecule has 5 rings (SSSR count). The molecule has 2 aliphatic heterocycles. The maximum absolute atomic E-state index is 13.4. The van der Waals surface area contributed by atoms with Crippen molar-refractivity contribution in [2.75, 3.05) is 18.0 Å². The van der Waals surface area contributed by atoms with E-state index in [2.05, 4.69) is 67.7 Å². The van der Waals surface area contributed by atoms with Gasteiger partial charge in [0, 0.05) is 42.1 Å². The fraction of sp³-hybridized carbons (Fsp3) is 0.357. The summed E-state index contributed by atoms with van der Waals surface area (Å²) in [6.07, 6.45) is 6.96. The predicted molar refractivity (Wildman–Crippen MR) is 141 cm³/mol. The van der Waals surface area contributed by atoms with E-state index in [4.69, 9.17) is 4.74 Å². The molecule has 0 spiro atoms. The molecule has 0 bridgehead atoms. The van der Waals surface area contributed by atoms with E-state index in [0.29, 0.717) is 17.9 Å². The summed E-state index contributed by atoms with van der Waals surface area (Å²) >= 11 is 0.530. The molecule has 0 N–H and O–H groups in total. The lowest BCUT2D eigenvalue weighted by molar-refractivity contribution is -0.777. The van der Waals surface area contributed by atoms with Crippen LogP contribution in [0.3, 0.4) is 0 Å². The minimum atomic E-state index is -0.733. The number of fused-ring (bicyclic) bond motifs is 2. The Labute approximate surface area is 221 Å². The Balaban J connectivity index is 1.59. The van der Waals surface area contributed by atoms with Crippen LogP contribution in [0.5, 0.6) is 0 Å². The molecule has 37 heavy (non-hydrogen) atoms. The smallest absolute Gasteiger partial charge is 0.427 e. The first-order valence-corrected chi connectivity index (χ1v) is 13.2. The molecule has 0 fully saturated rings. The maximum Gasteiger partial charge on any atom is 0.427 e. The Morgan fingerprint density at radius 2 is 1.81 bits per heavy atom. The number of nitrogens with zero attached hydrogens (tertiary/aromatic N) is 3. The molecule has 1 amide bonds. The third-order valence-electron chi connectivity index (χ3n) is 6.64. The van der Waals surface area contributed by atoms with Crippen LogP contribution in [0.4, 0.5) is 16.2 Å². The molecule has 1 aliphatic carbocycles. The fourth-order valence-corrected chi connectivity index (χ4v) is 5.59. The molecular formula is C28H31N3O5S. The summed E-state index contributed by atoms with van der Waals surface area (Å²) in [5.74, 6) is 0. The quantitative estimate of drug-likeness (QED) is 0.175. The minimum absolute atomic E-state index is 0.530. The first-order chi connectivity index (χ1) is 17.8. The summed E-state index contributed by atoms with van der Waals surface area (Å²) in [5, 5.41) is 14.4. The van der Waals surface area contributed by atoms with Crippen LogP contribution in [-0.4, -0.2) is 39.9 Å². The van der Waals surface area contributed by atoms with Gasteiger partial charge in [0.1, 0.15) is 5.60 Å². The molecular weight excluding hydrogens is 490 g/mol. The molecule has 0 aromatic heterocycles. The highest BCUT2D eigenvalue weighted by atomic mass is 32.2. The lowest BCUT2D eigenvalue weighted by atomic mass is 10.2. The van der Waals surface area contributed by atoms with Crippen LogP contribution in [0.2, 0.25) is 0 Å². The predicted octanol–water partition coefficient (Wildman–Crippen LogP) is 4.98. The summed E-state index contributed by atoms with van der Waals surface area (Å²) in [5.41, 5.74) is 6.76. The van der Waals surface area contributed by atoms with Crippen molar-refractivity contribution >= 4 is 35.9 Å². The minimum Gasteiger partial charge on any atom is -0.691 e. The average molecular weight is 522 g/mol. The van der Waals surface area contributed by atoms with Crippen LogP contribution in [0.15, 0.2) is 71.6 Å². The van der Waals surface area contributed by atoms with Gasteiger partial charge < -0.3 is 14.9 Å². The van der Waals surface area contributed by atoms with Gasteiger partial charge in [-0.25, -0.2) is 4.79 Å². The summed E-state index contributed by atoms with van der Waals surface area (Å²) in [6, 6.07) is 16.7. The molecule has 194 valence electrons.